The molecule has 0 heterocycles. The van der Waals surface area contributed by atoms with E-state index in [0.29, 0.717) is 37.4 Å². The quantitative estimate of drug-likeness (QED) is 0.480. The van der Waals surface area contributed by atoms with Gasteiger partial charge < -0.3 is 15.8 Å². The van der Waals surface area contributed by atoms with Gasteiger partial charge in [0.25, 0.3) is 0 Å². The first-order valence-corrected chi connectivity index (χ1v) is 7.71. The summed E-state index contributed by atoms with van der Waals surface area (Å²) in [6, 6.07) is 5.38. The highest BCUT2D eigenvalue weighted by Crippen LogP contribution is 2.21. The zero-order chi connectivity index (χ0) is 16.4. The summed E-state index contributed by atoms with van der Waals surface area (Å²) in [4.78, 5) is 23.4. The van der Waals surface area contributed by atoms with E-state index in [0.717, 1.165) is 24.8 Å². The van der Waals surface area contributed by atoms with Gasteiger partial charge in [-0.05, 0) is 57.5 Å². The first kappa shape index (κ1) is 18.3. The van der Waals surface area contributed by atoms with Crippen molar-refractivity contribution in [1.29, 1.82) is 0 Å². The van der Waals surface area contributed by atoms with Crippen molar-refractivity contribution in [2.45, 2.75) is 32.6 Å². The standard InChI is InChI=1S/C17H26N2O3/c1-13(20)16-11-14(10-15(21)12-19-2)6-7-17(16)22-9-5-3-4-8-18/h6-7,11,19H,3-5,8-10,12,18H2,1-2H3. The third-order valence-corrected chi connectivity index (χ3v) is 3.30. The minimum absolute atomic E-state index is 0.0557. The van der Waals surface area contributed by atoms with Crippen LogP contribution in [0.3, 0.4) is 0 Å². The molecule has 0 atom stereocenters. The van der Waals surface area contributed by atoms with Crippen LogP contribution in [0, 0.1) is 0 Å². The van der Waals surface area contributed by atoms with E-state index in [1.807, 2.05) is 6.07 Å². The average molecular weight is 306 g/mol. The molecule has 0 amide bonds. The molecule has 0 radical (unpaired) electrons. The van der Waals surface area contributed by atoms with Gasteiger partial charge in [-0.1, -0.05) is 6.07 Å². The molecule has 5 nitrogen and oxygen atoms in total. The van der Waals surface area contributed by atoms with E-state index in [-0.39, 0.29) is 11.6 Å². The predicted molar refractivity (Wildman–Crippen MR) is 87.5 cm³/mol. The number of carbonyl (C=O) groups excluding carboxylic acids is 2. The molecular weight excluding hydrogens is 280 g/mol. The van der Waals surface area contributed by atoms with Crippen molar-refractivity contribution in [3.63, 3.8) is 0 Å². The van der Waals surface area contributed by atoms with Crippen LogP contribution in [0.25, 0.3) is 0 Å². The van der Waals surface area contributed by atoms with Gasteiger partial charge in [0, 0.05) is 6.42 Å². The summed E-state index contributed by atoms with van der Waals surface area (Å²) in [5.41, 5.74) is 6.82. The van der Waals surface area contributed by atoms with Gasteiger partial charge in [-0.25, -0.2) is 0 Å². The van der Waals surface area contributed by atoms with Crippen LogP contribution in [0.4, 0.5) is 0 Å². The molecule has 0 aliphatic carbocycles. The summed E-state index contributed by atoms with van der Waals surface area (Å²) in [5, 5.41) is 2.83. The van der Waals surface area contributed by atoms with Crippen LogP contribution < -0.4 is 15.8 Å². The number of hydrogen-bond donors (Lipinski definition) is 2. The fourth-order valence-electron chi connectivity index (χ4n) is 2.18. The largest absolute Gasteiger partial charge is 0.493 e. The Kier molecular flexibility index (Phi) is 8.40. The number of nitrogens with two attached hydrogens (primary N) is 1. The van der Waals surface area contributed by atoms with Gasteiger partial charge in [0.2, 0.25) is 0 Å². The lowest BCUT2D eigenvalue weighted by molar-refractivity contribution is -0.117. The highest BCUT2D eigenvalue weighted by Gasteiger charge is 2.11. The summed E-state index contributed by atoms with van der Waals surface area (Å²) >= 11 is 0. The molecule has 1 rings (SSSR count). The van der Waals surface area contributed by atoms with E-state index in [2.05, 4.69) is 5.32 Å². The van der Waals surface area contributed by atoms with Crippen molar-refractivity contribution >= 4 is 11.6 Å². The maximum absolute atomic E-state index is 11.8. The molecule has 0 unspecified atom stereocenters. The lowest BCUT2D eigenvalue weighted by Crippen LogP contribution is -2.20. The van der Waals surface area contributed by atoms with Crippen LogP contribution in [-0.2, 0) is 11.2 Å². The van der Waals surface area contributed by atoms with Gasteiger partial charge in [-0.3, -0.25) is 9.59 Å². The molecule has 0 fully saturated rings. The molecule has 0 bridgehead atoms. The van der Waals surface area contributed by atoms with Crippen molar-refractivity contribution < 1.29 is 14.3 Å². The molecule has 0 saturated heterocycles. The molecule has 0 aliphatic rings. The third kappa shape index (κ3) is 6.37. The molecule has 0 spiro atoms. The second kappa shape index (κ2) is 10.1. The fraction of sp³-hybridized carbons (Fsp3) is 0.529. The molecule has 0 aliphatic heterocycles. The maximum Gasteiger partial charge on any atom is 0.163 e. The van der Waals surface area contributed by atoms with Crippen LogP contribution in [-0.4, -0.2) is 38.3 Å². The number of unbranched alkanes of at least 4 members (excludes halogenated alkanes) is 2. The van der Waals surface area contributed by atoms with E-state index in [1.54, 1.807) is 19.2 Å². The van der Waals surface area contributed by atoms with E-state index < -0.39 is 0 Å². The zero-order valence-electron chi connectivity index (χ0n) is 13.5. The van der Waals surface area contributed by atoms with Crippen molar-refractivity contribution in [2.24, 2.45) is 5.73 Å². The van der Waals surface area contributed by atoms with Crippen molar-refractivity contribution in [3.8, 4) is 5.75 Å². The number of likely N-dealkylation sites (N-methyl/N-ethyl adjacent to an activating group) is 1. The van der Waals surface area contributed by atoms with E-state index in [1.165, 1.54) is 6.92 Å². The minimum atomic E-state index is -0.0557. The summed E-state index contributed by atoms with van der Waals surface area (Å²) < 4.78 is 5.69. The molecule has 1 aromatic rings. The van der Waals surface area contributed by atoms with Crippen LogP contribution >= 0.6 is 0 Å². The van der Waals surface area contributed by atoms with Gasteiger partial charge >= 0.3 is 0 Å². The number of hydrogen-bond acceptors (Lipinski definition) is 5. The number of benzene rings is 1. The van der Waals surface area contributed by atoms with Crippen molar-refractivity contribution in [1.82, 2.24) is 5.32 Å². The molecule has 3 N–H and O–H groups in total. The number of rotatable bonds is 11. The normalized spacial score (nSPS) is 10.5. The highest BCUT2D eigenvalue weighted by molar-refractivity contribution is 5.97. The molecule has 0 aromatic heterocycles. The number of nitrogens with one attached hydrogen (secondary N) is 1. The Bertz CT molecular complexity index is 501. The number of ketones is 2. The SMILES string of the molecule is CNCC(=O)Cc1ccc(OCCCCCN)c(C(C)=O)c1. The monoisotopic (exact) mass is 306 g/mol. The van der Waals surface area contributed by atoms with Crippen molar-refractivity contribution in [2.75, 3.05) is 26.7 Å². The van der Waals surface area contributed by atoms with Gasteiger partial charge in [0.15, 0.2) is 11.6 Å². The highest BCUT2D eigenvalue weighted by atomic mass is 16.5. The number of carbonyl (C=O) groups is 2. The van der Waals surface area contributed by atoms with Crippen LogP contribution in [0.5, 0.6) is 5.75 Å². The Morgan fingerprint density at radius 3 is 2.64 bits per heavy atom. The summed E-state index contributed by atoms with van der Waals surface area (Å²) in [5.74, 6) is 0.623. The second-order valence-electron chi connectivity index (χ2n) is 5.33. The molecule has 122 valence electrons. The lowest BCUT2D eigenvalue weighted by Gasteiger charge is -2.11. The molecule has 22 heavy (non-hydrogen) atoms. The smallest absolute Gasteiger partial charge is 0.163 e. The van der Waals surface area contributed by atoms with Gasteiger partial charge in [-0.2, -0.15) is 0 Å². The maximum atomic E-state index is 11.8. The van der Waals surface area contributed by atoms with E-state index in [9.17, 15) is 9.59 Å². The Morgan fingerprint density at radius 1 is 1.23 bits per heavy atom. The Balaban J connectivity index is 2.69. The molecule has 0 saturated carbocycles. The van der Waals surface area contributed by atoms with Crippen LogP contribution in [0.1, 0.15) is 42.1 Å². The Labute approximate surface area is 132 Å². The van der Waals surface area contributed by atoms with E-state index >= 15 is 0 Å². The van der Waals surface area contributed by atoms with E-state index in [4.69, 9.17) is 10.5 Å². The lowest BCUT2D eigenvalue weighted by atomic mass is 10.0. The predicted octanol–water partition coefficient (Wildman–Crippen LogP) is 1.73. The molecule has 1 aromatic carbocycles. The summed E-state index contributed by atoms with van der Waals surface area (Å²) in [6.45, 7) is 3.09. The second-order valence-corrected chi connectivity index (χ2v) is 5.33. The molecule has 5 heteroatoms. The first-order chi connectivity index (χ1) is 10.6. The minimum Gasteiger partial charge on any atom is -0.493 e. The van der Waals surface area contributed by atoms with Crippen LogP contribution in [0.2, 0.25) is 0 Å². The topological polar surface area (TPSA) is 81.4 Å². The molecular formula is C17H26N2O3. The average Bonchev–Trinajstić information content (AvgIpc) is 2.48. The van der Waals surface area contributed by atoms with Crippen LogP contribution in [0.15, 0.2) is 18.2 Å². The summed E-state index contributed by atoms with van der Waals surface area (Å²) in [7, 11) is 1.74. The van der Waals surface area contributed by atoms with Gasteiger partial charge in [-0.15, -0.1) is 0 Å². The first-order valence-electron chi connectivity index (χ1n) is 7.71. The number of Topliss-reactive ketones (excluding diaryl/α,β-unsaturated/α-hetero) is 2. The van der Waals surface area contributed by atoms with Gasteiger partial charge in [0.1, 0.15) is 5.75 Å². The summed E-state index contributed by atoms with van der Waals surface area (Å²) in [6.07, 6.45) is 3.23. The van der Waals surface area contributed by atoms with Gasteiger partial charge in [0.05, 0.1) is 18.7 Å². The Morgan fingerprint density at radius 2 is 2.00 bits per heavy atom. The third-order valence-electron chi connectivity index (χ3n) is 3.30. The Hall–Kier alpha value is -1.72. The van der Waals surface area contributed by atoms with Crippen molar-refractivity contribution in [3.05, 3.63) is 29.3 Å². The fourth-order valence-corrected chi connectivity index (χ4v) is 2.18. The zero-order valence-corrected chi connectivity index (χ0v) is 13.5. The number of ether oxygens (including phenoxy) is 1.